The van der Waals surface area contributed by atoms with Crippen molar-refractivity contribution in [1.82, 2.24) is 10.3 Å². The van der Waals surface area contributed by atoms with Crippen LogP contribution >= 0.6 is 11.8 Å². The molecule has 2 aliphatic rings. The molecule has 0 radical (unpaired) electrons. The fourth-order valence-electron chi connectivity index (χ4n) is 3.89. The molecule has 0 unspecified atom stereocenters. The maximum absolute atomic E-state index is 12.5. The zero-order valence-electron chi connectivity index (χ0n) is 16.6. The van der Waals surface area contributed by atoms with E-state index in [0.29, 0.717) is 34.4 Å². The maximum Gasteiger partial charge on any atom is 0.231 e. The first-order valence-corrected chi connectivity index (χ1v) is 11.0. The number of aryl methyl sites for hydroxylation is 1. The highest BCUT2D eigenvalue weighted by Crippen LogP contribution is 2.38. The molecule has 156 valence electrons. The number of furan rings is 1. The quantitative estimate of drug-likeness (QED) is 0.590. The molecular weight excluding hydrogens is 414 g/mol. The van der Waals surface area contributed by atoms with E-state index in [-0.39, 0.29) is 18.5 Å². The number of fused-ring (bicyclic) bond motifs is 2. The van der Waals surface area contributed by atoms with Crippen LogP contribution in [0.4, 0.5) is 0 Å². The summed E-state index contributed by atoms with van der Waals surface area (Å²) < 4.78 is 16.3. The topological polar surface area (TPSA) is 97.4 Å². The van der Waals surface area contributed by atoms with Crippen molar-refractivity contribution in [1.29, 1.82) is 5.26 Å². The number of ether oxygens (including phenoxy) is 2. The molecule has 5 rings (SSSR count). The Morgan fingerprint density at radius 1 is 1.23 bits per heavy atom. The smallest absolute Gasteiger partial charge is 0.231 e. The average molecular weight is 433 g/mol. The van der Waals surface area contributed by atoms with Crippen molar-refractivity contribution < 1.29 is 18.7 Å². The van der Waals surface area contributed by atoms with E-state index in [1.165, 1.54) is 11.8 Å². The van der Waals surface area contributed by atoms with Gasteiger partial charge in [-0.1, -0.05) is 17.8 Å². The van der Waals surface area contributed by atoms with Crippen LogP contribution in [0.2, 0.25) is 0 Å². The Morgan fingerprint density at radius 3 is 2.97 bits per heavy atom. The third-order valence-corrected chi connectivity index (χ3v) is 6.31. The highest BCUT2D eigenvalue weighted by molar-refractivity contribution is 8.00. The van der Waals surface area contributed by atoms with Gasteiger partial charge in [-0.15, -0.1) is 0 Å². The van der Waals surface area contributed by atoms with Crippen LogP contribution in [0.15, 0.2) is 46.0 Å². The number of nitrogens with zero attached hydrogens (tertiary/aromatic N) is 2. The number of carbonyl (C=O) groups excluding carboxylic acids is 1. The first-order chi connectivity index (χ1) is 15.2. The highest BCUT2D eigenvalue weighted by atomic mass is 32.2. The molecule has 1 aliphatic heterocycles. The van der Waals surface area contributed by atoms with Crippen molar-refractivity contribution in [2.45, 2.75) is 30.8 Å². The Labute approximate surface area is 183 Å². The number of aromatic nitrogens is 1. The number of nitrogens with one attached hydrogen (secondary N) is 1. The van der Waals surface area contributed by atoms with Crippen LogP contribution in [-0.4, -0.2) is 23.4 Å². The minimum absolute atomic E-state index is 0.131. The van der Waals surface area contributed by atoms with Crippen molar-refractivity contribution in [3.63, 3.8) is 0 Å². The lowest BCUT2D eigenvalue weighted by Crippen LogP contribution is -2.24. The van der Waals surface area contributed by atoms with E-state index >= 15 is 0 Å². The van der Waals surface area contributed by atoms with Crippen molar-refractivity contribution in [2.75, 3.05) is 12.5 Å². The molecule has 0 atom stereocenters. The summed E-state index contributed by atoms with van der Waals surface area (Å²) in [4.78, 5) is 17.2. The Balaban J connectivity index is 1.30. The van der Waals surface area contributed by atoms with E-state index in [0.717, 1.165) is 41.6 Å². The monoisotopic (exact) mass is 433 g/mol. The van der Waals surface area contributed by atoms with Gasteiger partial charge in [0.1, 0.15) is 16.9 Å². The Morgan fingerprint density at radius 2 is 2.13 bits per heavy atom. The molecule has 0 saturated carbocycles. The van der Waals surface area contributed by atoms with E-state index in [1.807, 2.05) is 30.3 Å². The van der Waals surface area contributed by atoms with Gasteiger partial charge < -0.3 is 19.2 Å². The van der Waals surface area contributed by atoms with Crippen LogP contribution in [-0.2, 0) is 24.2 Å². The molecule has 0 spiro atoms. The summed E-state index contributed by atoms with van der Waals surface area (Å²) in [7, 11) is 0. The van der Waals surface area contributed by atoms with E-state index in [1.54, 1.807) is 6.26 Å². The van der Waals surface area contributed by atoms with Crippen molar-refractivity contribution >= 4 is 17.7 Å². The molecule has 8 heteroatoms. The molecule has 7 nitrogen and oxygen atoms in total. The maximum atomic E-state index is 12.5. The zero-order chi connectivity index (χ0) is 21.2. The molecule has 1 amide bonds. The second kappa shape index (κ2) is 8.36. The largest absolute Gasteiger partial charge is 0.464 e. The van der Waals surface area contributed by atoms with Crippen molar-refractivity contribution in [3.8, 4) is 28.9 Å². The second-order valence-corrected chi connectivity index (χ2v) is 8.25. The van der Waals surface area contributed by atoms with Gasteiger partial charge in [0.15, 0.2) is 11.5 Å². The molecule has 3 aromatic rings. The van der Waals surface area contributed by atoms with E-state index in [2.05, 4.69) is 11.4 Å². The first-order valence-electron chi connectivity index (χ1n) is 10.0. The van der Waals surface area contributed by atoms with Crippen LogP contribution in [0, 0.1) is 11.3 Å². The minimum Gasteiger partial charge on any atom is -0.464 e. The van der Waals surface area contributed by atoms with Gasteiger partial charge >= 0.3 is 0 Å². The molecule has 2 aromatic heterocycles. The van der Waals surface area contributed by atoms with Gasteiger partial charge in [-0.2, -0.15) is 5.26 Å². The lowest BCUT2D eigenvalue weighted by molar-refractivity contribution is -0.118. The molecule has 31 heavy (non-hydrogen) atoms. The fourth-order valence-corrected chi connectivity index (χ4v) is 4.73. The summed E-state index contributed by atoms with van der Waals surface area (Å²) in [5.74, 6) is 2.11. The number of amides is 1. The third kappa shape index (κ3) is 3.84. The average Bonchev–Trinajstić information content (AvgIpc) is 3.55. The fraction of sp³-hybridized carbons (Fsp3) is 0.261. The van der Waals surface area contributed by atoms with Gasteiger partial charge in [-0.25, -0.2) is 4.98 Å². The molecule has 1 N–H and O–H groups in total. The van der Waals surface area contributed by atoms with E-state index < -0.39 is 0 Å². The van der Waals surface area contributed by atoms with Gasteiger partial charge in [0, 0.05) is 17.8 Å². The zero-order valence-corrected chi connectivity index (χ0v) is 17.5. The van der Waals surface area contributed by atoms with Gasteiger partial charge in [0.25, 0.3) is 0 Å². The number of hydrogen-bond donors (Lipinski definition) is 1. The lowest BCUT2D eigenvalue weighted by Gasteiger charge is -2.12. The van der Waals surface area contributed by atoms with E-state index in [9.17, 15) is 10.1 Å². The van der Waals surface area contributed by atoms with Crippen LogP contribution in [0.3, 0.4) is 0 Å². The van der Waals surface area contributed by atoms with Crippen molar-refractivity contribution in [3.05, 3.63) is 59.0 Å². The molecule has 1 aromatic carbocycles. The predicted octanol–water partition coefficient (Wildman–Crippen LogP) is 3.84. The number of pyridine rings is 1. The van der Waals surface area contributed by atoms with Crippen LogP contribution in [0.5, 0.6) is 11.5 Å². The third-order valence-electron chi connectivity index (χ3n) is 5.34. The van der Waals surface area contributed by atoms with E-state index in [4.69, 9.17) is 18.9 Å². The molecule has 0 bridgehead atoms. The Kier molecular flexibility index (Phi) is 5.26. The molecule has 1 aliphatic carbocycles. The molecule has 0 saturated heterocycles. The number of thioether (sulfide) groups is 1. The molecule has 3 heterocycles. The van der Waals surface area contributed by atoms with Gasteiger partial charge in [0.2, 0.25) is 12.7 Å². The van der Waals surface area contributed by atoms with Gasteiger partial charge in [0.05, 0.1) is 17.6 Å². The summed E-state index contributed by atoms with van der Waals surface area (Å²) in [5, 5.41) is 13.3. The summed E-state index contributed by atoms with van der Waals surface area (Å²) in [6, 6.07) is 11.6. The molecular formula is C23H19N3O4S. The Bertz CT molecular complexity index is 1180. The number of benzene rings is 1. The predicted molar refractivity (Wildman–Crippen MR) is 114 cm³/mol. The van der Waals surface area contributed by atoms with Gasteiger partial charge in [-0.05, 0) is 54.7 Å². The standard InChI is InChI=1S/C23H19N3O4S/c24-10-16-22(19-5-2-8-28-19)15-3-1-4-17(15)26-23(16)31-12-21(27)25-11-14-6-7-18-20(9-14)30-13-29-18/h2,5-9H,1,3-4,11-13H2,(H,25,27). The summed E-state index contributed by atoms with van der Waals surface area (Å²) >= 11 is 1.28. The highest BCUT2D eigenvalue weighted by Gasteiger charge is 2.26. The number of nitriles is 1. The normalized spacial score (nSPS) is 13.6. The summed E-state index contributed by atoms with van der Waals surface area (Å²) in [5.41, 5.74) is 4.30. The molecule has 0 fully saturated rings. The minimum atomic E-state index is -0.131. The summed E-state index contributed by atoms with van der Waals surface area (Å²) in [6.45, 7) is 0.604. The van der Waals surface area contributed by atoms with Crippen LogP contribution in [0.1, 0.15) is 28.8 Å². The van der Waals surface area contributed by atoms with Gasteiger partial charge in [-0.3, -0.25) is 4.79 Å². The van der Waals surface area contributed by atoms with Crippen LogP contribution < -0.4 is 14.8 Å². The number of carbonyl (C=O) groups is 1. The Hall–Kier alpha value is -3.44. The summed E-state index contributed by atoms with van der Waals surface area (Å²) in [6.07, 6.45) is 4.37. The number of rotatable bonds is 6. The number of hydrogen-bond acceptors (Lipinski definition) is 7. The SMILES string of the molecule is N#Cc1c(SCC(=O)NCc2ccc3c(c2)OCO3)nc2c(c1-c1ccco1)CCC2. The lowest BCUT2D eigenvalue weighted by atomic mass is 10.0. The van der Waals surface area contributed by atoms with Crippen LogP contribution in [0.25, 0.3) is 11.3 Å². The second-order valence-electron chi connectivity index (χ2n) is 7.29. The van der Waals surface area contributed by atoms with Crippen molar-refractivity contribution in [2.24, 2.45) is 0 Å². The first kappa shape index (κ1) is 19.5.